The number of hydrogen-bond acceptors (Lipinski definition) is 3. The van der Waals surface area contributed by atoms with Gasteiger partial charge in [-0.1, -0.05) is 27.5 Å². The smallest absolute Gasteiger partial charge is 0.162 e. The molecule has 0 spiro atoms. The molecule has 2 aromatic rings. The molecular formula is C14H11BrCl2O2S. The number of hydrogen-bond donors (Lipinski definition) is 0. The molecule has 0 N–H and O–H groups in total. The SMILES string of the molecule is Clc1ccsc1C(Cl)c1cc2c(cc1Br)OCCCO2. The molecule has 2 heterocycles. The Balaban J connectivity index is 2.01. The third-order valence-corrected chi connectivity index (χ3v) is 5.71. The van der Waals surface area contributed by atoms with Gasteiger partial charge in [0.15, 0.2) is 11.5 Å². The maximum atomic E-state index is 6.57. The van der Waals surface area contributed by atoms with Crippen LogP contribution < -0.4 is 9.47 Å². The minimum atomic E-state index is -0.311. The van der Waals surface area contributed by atoms with Crippen LogP contribution in [0.4, 0.5) is 0 Å². The van der Waals surface area contributed by atoms with E-state index in [0.717, 1.165) is 32.8 Å². The highest BCUT2D eigenvalue weighted by atomic mass is 79.9. The summed E-state index contributed by atoms with van der Waals surface area (Å²) in [7, 11) is 0. The zero-order valence-corrected chi connectivity index (χ0v) is 14.3. The average molecular weight is 394 g/mol. The van der Waals surface area contributed by atoms with E-state index < -0.39 is 0 Å². The quantitative estimate of drug-likeness (QED) is 0.613. The van der Waals surface area contributed by atoms with Crippen LogP contribution in [0.1, 0.15) is 22.2 Å². The molecule has 1 aromatic heterocycles. The highest BCUT2D eigenvalue weighted by molar-refractivity contribution is 9.10. The van der Waals surface area contributed by atoms with Crippen molar-refractivity contribution in [1.29, 1.82) is 0 Å². The maximum Gasteiger partial charge on any atom is 0.162 e. The summed E-state index contributed by atoms with van der Waals surface area (Å²) in [5.41, 5.74) is 0.931. The Hall–Kier alpha value is -0.420. The normalized spacial score (nSPS) is 15.8. The number of ether oxygens (including phenoxy) is 2. The Labute approximate surface area is 139 Å². The average Bonchev–Trinajstić information content (AvgIpc) is 2.72. The van der Waals surface area contributed by atoms with Crippen LogP contribution >= 0.6 is 50.5 Å². The van der Waals surface area contributed by atoms with E-state index in [4.69, 9.17) is 32.7 Å². The predicted octanol–water partition coefficient (Wildman–Crippen LogP) is 5.65. The number of fused-ring (bicyclic) bond motifs is 1. The first-order valence-electron chi connectivity index (χ1n) is 6.13. The van der Waals surface area contributed by atoms with Gasteiger partial charge in [0.25, 0.3) is 0 Å². The van der Waals surface area contributed by atoms with Gasteiger partial charge < -0.3 is 9.47 Å². The Kier molecular flexibility index (Phi) is 4.46. The summed E-state index contributed by atoms with van der Waals surface area (Å²) >= 11 is 17.8. The number of rotatable bonds is 2. The number of halogens is 3. The largest absolute Gasteiger partial charge is 0.490 e. The fourth-order valence-corrected chi connectivity index (χ4v) is 4.37. The van der Waals surface area contributed by atoms with Crippen LogP contribution in [0, 0.1) is 0 Å². The van der Waals surface area contributed by atoms with E-state index >= 15 is 0 Å². The monoisotopic (exact) mass is 392 g/mol. The molecule has 106 valence electrons. The minimum absolute atomic E-state index is 0.311. The van der Waals surface area contributed by atoms with Crippen molar-refractivity contribution in [2.24, 2.45) is 0 Å². The summed E-state index contributed by atoms with van der Waals surface area (Å²) < 4.78 is 12.3. The van der Waals surface area contributed by atoms with E-state index in [-0.39, 0.29) is 5.38 Å². The van der Waals surface area contributed by atoms with Crippen LogP contribution in [-0.2, 0) is 0 Å². The molecule has 3 rings (SSSR count). The summed E-state index contributed by atoms with van der Waals surface area (Å²) in [6.45, 7) is 1.32. The number of thiophene rings is 1. The number of benzene rings is 1. The first kappa shape index (κ1) is 14.5. The maximum absolute atomic E-state index is 6.57. The van der Waals surface area contributed by atoms with Gasteiger partial charge in [0.2, 0.25) is 0 Å². The van der Waals surface area contributed by atoms with Crippen LogP contribution in [-0.4, -0.2) is 13.2 Å². The van der Waals surface area contributed by atoms with E-state index in [1.165, 1.54) is 0 Å². The van der Waals surface area contributed by atoms with Gasteiger partial charge in [0.05, 0.1) is 23.6 Å². The van der Waals surface area contributed by atoms with E-state index in [2.05, 4.69) is 15.9 Å². The van der Waals surface area contributed by atoms with Crippen molar-refractivity contribution in [2.45, 2.75) is 11.8 Å². The van der Waals surface area contributed by atoms with Gasteiger partial charge >= 0.3 is 0 Å². The Morgan fingerprint density at radius 2 is 1.90 bits per heavy atom. The zero-order chi connectivity index (χ0) is 14.1. The molecule has 1 atom stereocenters. The van der Waals surface area contributed by atoms with Crippen LogP contribution in [0.15, 0.2) is 28.1 Å². The summed E-state index contributed by atoms with van der Waals surface area (Å²) in [5.74, 6) is 1.48. The highest BCUT2D eigenvalue weighted by Gasteiger charge is 2.22. The molecule has 0 radical (unpaired) electrons. The lowest BCUT2D eigenvalue weighted by atomic mass is 10.1. The molecule has 1 aliphatic heterocycles. The lowest BCUT2D eigenvalue weighted by Crippen LogP contribution is -1.97. The van der Waals surface area contributed by atoms with Crippen molar-refractivity contribution in [2.75, 3.05) is 13.2 Å². The molecule has 0 fully saturated rings. The van der Waals surface area contributed by atoms with Gasteiger partial charge in [-0.15, -0.1) is 22.9 Å². The van der Waals surface area contributed by atoms with Crippen molar-refractivity contribution in [3.63, 3.8) is 0 Å². The van der Waals surface area contributed by atoms with E-state index in [1.54, 1.807) is 11.3 Å². The Morgan fingerprint density at radius 1 is 1.20 bits per heavy atom. The standard InChI is InChI=1S/C14H11BrCl2O2S/c15-9-7-12-11(18-3-1-4-19-12)6-8(9)13(17)14-10(16)2-5-20-14/h2,5-7,13H,1,3-4H2. The second-order valence-electron chi connectivity index (χ2n) is 4.37. The van der Waals surface area contributed by atoms with Gasteiger partial charge in [-0.05, 0) is 29.1 Å². The third-order valence-electron chi connectivity index (χ3n) is 3.01. The van der Waals surface area contributed by atoms with Gasteiger partial charge in [-0.25, -0.2) is 0 Å². The number of alkyl halides is 1. The molecular weight excluding hydrogens is 383 g/mol. The lowest BCUT2D eigenvalue weighted by molar-refractivity contribution is 0.297. The van der Waals surface area contributed by atoms with E-state index in [0.29, 0.717) is 18.2 Å². The van der Waals surface area contributed by atoms with Crippen molar-refractivity contribution in [3.05, 3.63) is 43.5 Å². The first-order valence-corrected chi connectivity index (χ1v) is 8.61. The molecule has 0 saturated carbocycles. The molecule has 0 saturated heterocycles. The van der Waals surface area contributed by atoms with E-state index in [1.807, 2.05) is 23.6 Å². The van der Waals surface area contributed by atoms with Crippen LogP contribution in [0.2, 0.25) is 5.02 Å². The first-order chi connectivity index (χ1) is 9.66. The molecule has 6 heteroatoms. The molecule has 1 aliphatic rings. The molecule has 1 unspecified atom stereocenters. The van der Waals surface area contributed by atoms with Crippen LogP contribution in [0.3, 0.4) is 0 Å². The van der Waals surface area contributed by atoms with Crippen LogP contribution in [0.5, 0.6) is 11.5 Å². The molecule has 0 amide bonds. The molecule has 1 aromatic carbocycles. The lowest BCUT2D eigenvalue weighted by Gasteiger charge is -2.15. The predicted molar refractivity (Wildman–Crippen MR) is 86.8 cm³/mol. The van der Waals surface area contributed by atoms with Crippen molar-refractivity contribution in [3.8, 4) is 11.5 Å². The summed E-state index contributed by atoms with van der Waals surface area (Å²) in [6, 6.07) is 5.69. The Bertz CT molecular complexity index is 630. The van der Waals surface area contributed by atoms with E-state index in [9.17, 15) is 0 Å². The highest BCUT2D eigenvalue weighted by Crippen LogP contribution is 2.44. The zero-order valence-electron chi connectivity index (χ0n) is 10.4. The van der Waals surface area contributed by atoms with Gasteiger partial charge in [0.1, 0.15) is 0 Å². The summed E-state index contributed by atoms with van der Waals surface area (Å²) in [5, 5.41) is 2.31. The van der Waals surface area contributed by atoms with Crippen molar-refractivity contribution < 1.29 is 9.47 Å². The van der Waals surface area contributed by atoms with Gasteiger partial charge in [-0.3, -0.25) is 0 Å². The van der Waals surface area contributed by atoms with Crippen LogP contribution in [0.25, 0.3) is 0 Å². The summed E-state index contributed by atoms with van der Waals surface area (Å²) in [6.07, 6.45) is 0.878. The fourth-order valence-electron chi connectivity index (χ4n) is 2.02. The summed E-state index contributed by atoms with van der Waals surface area (Å²) in [4.78, 5) is 0.934. The van der Waals surface area contributed by atoms with Gasteiger partial charge in [0, 0.05) is 15.8 Å². The second-order valence-corrected chi connectivity index (χ2v) is 7.01. The fraction of sp³-hybridized carbons (Fsp3) is 0.286. The van der Waals surface area contributed by atoms with Crippen molar-refractivity contribution in [1.82, 2.24) is 0 Å². The molecule has 0 aliphatic carbocycles. The van der Waals surface area contributed by atoms with Crippen molar-refractivity contribution >= 4 is 50.5 Å². The molecule has 2 nitrogen and oxygen atoms in total. The second kappa shape index (κ2) is 6.14. The molecule has 0 bridgehead atoms. The Morgan fingerprint density at radius 3 is 2.55 bits per heavy atom. The molecule has 20 heavy (non-hydrogen) atoms. The van der Waals surface area contributed by atoms with Gasteiger partial charge in [-0.2, -0.15) is 0 Å². The topological polar surface area (TPSA) is 18.5 Å². The minimum Gasteiger partial charge on any atom is -0.490 e. The third kappa shape index (κ3) is 2.80.